The van der Waals surface area contributed by atoms with Gasteiger partial charge in [0.1, 0.15) is 5.75 Å². The van der Waals surface area contributed by atoms with Crippen LogP contribution >= 0.6 is 0 Å². The number of fused-ring (bicyclic) bond motifs is 1. The Balaban J connectivity index is 1.58. The molecule has 2 atom stereocenters. The van der Waals surface area contributed by atoms with Gasteiger partial charge in [-0.3, -0.25) is 4.79 Å². The molecular weight excluding hydrogens is 384 g/mol. The Labute approximate surface area is 182 Å². The lowest BCUT2D eigenvalue weighted by Crippen LogP contribution is -2.26. The van der Waals surface area contributed by atoms with Crippen LogP contribution in [0.3, 0.4) is 0 Å². The fraction of sp³-hybridized carbons (Fsp3) is 0.222. The smallest absolute Gasteiger partial charge is 0.163 e. The Morgan fingerprint density at radius 3 is 2.42 bits per heavy atom. The first-order valence-corrected chi connectivity index (χ1v) is 10.9. The molecule has 0 saturated carbocycles. The summed E-state index contributed by atoms with van der Waals surface area (Å²) in [6.07, 6.45) is 2.27. The topological polar surface area (TPSA) is 61.4 Å². The normalized spacial score (nSPS) is 20.2. The van der Waals surface area contributed by atoms with Gasteiger partial charge in [-0.15, -0.1) is 0 Å². The molecule has 4 heteroatoms. The summed E-state index contributed by atoms with van der Waals surface area (Å²) in [5, 5.41) is 17.2. The molecule has 5 rings (SSSR count). The van der Waals surface area contributed by atoms with Gasteiger partial charge < -0.3 is 15.7 Å². The number of phenolic OH excluding ortho intramolecular Hbond substituents is 1. The first-order chi connectivity index (χ1) is 15.1. The number of aromatic hydroxyl groups is 1. The number of anilines is 2. The highest BCUT2D eigenvalue weighted by atomic mass is 16.3. The molecule has 1 aliphatic heterocycles. The highest BCUT2D eigenvalue weighted by molar-refractivity contribution is 6.01. The molecule has 0 aromatic heterocycles. The van der Waals surface area contributed by atoms with Gasteiger partial charge in [-0.2, -0.15) is 0 Å². The molecule has 0 saturated heterocycles. The van der Waals surface area contributed by atoms with Crippen LogP contribution in [0.1, 0.15) is 48.4 Å². The maximum atomic E-state index is 13.5. The third kappa shape index (κ3) is 3.70. The van der Waals surface area contributed by atoms with E-state index in [1.807, 2.05) is 36.4 Å². The molecule has 0 amide bonds. The molecular formula is C27H26N2O2. The van der Waals surface area contributed by atoms with Crippen LogP contribution in [-0.4, -0.2) is 10.9 Å². The second-order valence-corrected chi connectivity index (χ2v) is 8.36. The fourth-order valence-corrected chi connectivity index (χ4v) is 4.71. The van der Waals surface area contributed by atoms with E-state index in [0.29, 0.717) is 6.42 Å². The van der Waals surface area contributed by atoms with Gasteiger partial charge >= 0.3 is 0 Å². The zero-order valence-electron chi connectivity index (χ0n) is 17.6. The lowest BCUT2D eigenvalue weighted by Gasteiger charge is -2.30. The molecule has 31 heavy (non-hydrogen) atoms. The number of benzene rings is 3. The fourth-order valence-electron chi connectivity index (χ4n) is 4.71. The van der Waals surface area contributed by atoms with Crippen molar-refractivity contribution < 1.29 is 9.90 Å². The van der Waals surface area contributed by atoms with E-state index in [-0.39, 0.29) is 23.5 Å². The lowest BCUT2D eigenvalue weighted by molar-refractivity contribution is -0.116. The monoisotopic (exact) mass is 410 g/mol. The summed E-state index contributed by atoms with van der Waals surface area (Å²) in [6.45, 7) is 2.15. The number of para-hydroxylation sites is 2. The number of rotatable bonds is 3. The van der Waals surface area contributed by atoms with Crippen molar-refractivity contribution >= 4 is 17.2 Å². The molecule has 2 aliphatic rings. The number of nitrogens with one attached hydrogen (secondary N) is 2. The molecule has 0 fully saturated rings. The van der Waals surface area contributed by atoms with E-state index in [9.17, 15) is 9.90 Å². The van der Waals surface area contributed by atoms with Crippen LogP contribution in [0.2, 0.25) is 0 Å². The number of carbonyl (C=O) groups excluding carboxylic acids is 1. The van der Waals surface area contributed by atoms with E-state index in [0.717, 1.165) is 41.1 Å². The third-order valence-electron chi connectivity index (χ3n) is 6.37. The Hall–Kier alpha value is -3.53. The van der Waals surface area contributed by atoms with Crippen molar-refractivity contribution in [3.63, 3.8) is 0 Å². The number of carbonyl (C=O) groups is 1. The predicted molar refractivity (Wildman–Crippen MR) is 124 cm³/mol. The highest BCUT2D eigenvalue weighted by Gasteiger charge is 2.36. The Kier molecular flexibility index (Phi) is 4.99. The van der Waals surface area contributed by atoms with Gasteiger partial charge in [0.15, 0.2) is 5.78 Å². The summed E-state index contributed by atoms with van der Waals surface area (Å²) in [4.78, 5) is 13.5. The van der Waals surface area contributed by atoms with Crippen LogP contribution in [-0.2, 0) is 11.2 Å². The highest BCUT2D eigenvalue weighted by Crippen LogP contribution is 2.44. The molecule has 1 heterocycles. The molecule has 1 aliphatic carbocycles. The second-order valence-electron chi connectivity index (χ2n) is 8.36. The minimum Gasteiger partial charge on any atom is -0.508 e. The maximum Gasteiger partial charge on any atom is 0.163 e. The van der Waals surface area contributed by atoms with E-state index >= 15 is 0 Å². The number of aryl methyl sites for hydroxylation is 1. The van der Waals surface area contributed by atoms with Crippen molar-refractivity contribution in [2.45, 2.75) is 38.1 Å². The molecule has 3 N–H and O–H groups in total. The quantitative estimate of drug-likeness (QED) is 0.500. The zero-order chi connectivity index (χ0) is 21.4. The Bertz CT molecular complexity index is 1160. The third-order valence-corrected chi connectivity index (χ3v) is 6.37. The molecule has 156 valence electrons. The van der Waals surface area contributed by atoms with Crippen LogP contribution in [0.4, 0.5) is 11.4 Å². The molecule has 0 radical (unpaired) electrons. The summed E-state index contributed by atoms with van der Waals surface area (Å²) in [6, 6.07) is 23.5. The van der Waals surface area contributed by atoms with E-state index in [1.165, 1.54) is 11.1 Å². The van der Waals surface area contributed by atoms with Crippen molar-refractivity contribution in [2.24, 2.45) is 0 Å². The van der Waals surface area contributed by atoms with E-state index < -0.39 is 0 Å². The van der Waals surface area contributed by atoms with Gasteiger partial charge in [0, 0.05) is 17.7 Å². The lowest BCUT2D eigenvalue weighted by atomic mass is 9.78. The molecule has 2 unspecified atom stereocenters. The van der Waals surface area contributed by atoms with E-state index in [4.69, 9.17) is 0 Å². The van der Waals surface area contributed by atoms with Gasteiger partial charge in [0.25, 0.3) is 0 Å². The summed E-state index contributed by atoms with van der Waals surface area (Å²) >= 11 is 0. The van der Waals surface area contributed by atoms with Crippen LogP contribution in [0.15, 0.2) is 84.1 Å². The van der Waals surface area contributed by atoms with Gasteiger partial charge in [0.05, 0.1) is 17.4 Å². The van der Waals surface area contributed by atoms with Crippen molar-refractivity contribution in [2.75, 3.05) is 10.6 Å². The maximum absolute atomic E-state index is 13.5. The predicted octanol–water partition coefficient (Wildman–Crippen LogP) is 5.93. The largest absolute Gasteiger partial charge is 0.508 e. The van der Waals surface area contributed by atoms with Gasteiger partial charge in [-0.05, 0) is 59.7 Å². The van der Waals surface area contributed by atoms with Gasteiger partial charge in [-0.25, -0.2) is 0 Å². The summed E-state index contributed by atoms with van der Waals surface area (Å²) < 4.78 is 0. The SMILES string of the molecule is CCc1ccc(C2CC(=O)C3=C(C2)Nc2ccccc2NC3c2cccc(O)c2)cc1. The molecule has 0 bridgehead atoms. The standard InChI is InChI=1S/C27H26N2O2/c1-2-17-10-12-18(13-11-17)20-15-24-26(25(31)16-20)27(19-6-5-7-21(30)14-19)29-23-9-4-3-8-22(23)28-24/h3-14,20,27-30H,2,15-16H2,1H3. The number of hydrogen-bond donors (Lipinski definition) is 3. The van der Waals surface area contributed by atoms with Gasteiger partial charge in [-0.1, -0.05) is 55.5 Å². The number of ketones is 1. The summed E-state index contributed by atoms with van der Waals surface area (Å²) in [5.41, 5.74) is 7.04. The Morgan fingerprint density at radius 2 is 1.68 bits per heavy atom. The average Bonchev–Trinajstić information content (AvgIpc) is 2.96. The van der Waals surface area contributed by atoms with Crippen LogP contribution in [0.25, 0.3) is 0 Å². The van der Waals surface area contributed by atoms with Crippen LogP contribution in [0, 0.1) is 0 Å². The number of allylic oxidation sites excluding steroid dienone is 1. The Morgan fingerprint density at radius 1 is 0.903 bits per heavy atom. The minimum atomic E-state index is -0.311. The van der Waals surface area contributed by atoms with Crippen molar-refractivity contribution in [3.05, 3.63) is 101 Å². The first-order valence-electron chi connectivity index (χ1n) is 10.9. The minimum absolute atomic E-state index is 0.145. The van der Waals surface area contributed by atoms with Gasteiger partial charge in [0.2, 0.25) is 0 Å². The average molecular weight is 411 g/mol. The van der Waals surface area contributed by atoms with E-state index in [1.54, 1.807) is 12.1 Å². The molecule has 3 aromatic carbocycles. The van der Waals surface area contributed by atoms with E-state index in [2.05, 4.69) is 41.8 Å². The summed E-state index contributed by atoms with van der Waals surface area (Å²) in [5.74, 6) is 0.496. The van der Waals surface area contributed by atoms with Crippen molar-refractivity contribution in [1.29, 1.82) is 0 Å². The number of hydrogen-bond acceptors (Lipinski definition) is 4. The van der Waals surface area contributed by atoms with Crippen molar-refractivity contribution in [3.8, 4) is 5.75 Å². The number of Topliss-reactive ketones (excluding diaryl/α,β-unsaturated/α-hetero) is 1. The first kappa shape index (κ1) is 19.4. The zero-order valence-corrected chi connectivity index (χ0v) is 17.6. The number of phenols is 1. The van der Waals surface area contributed by atoms with Crippen LogP contribution < -0.4 is 10.6 Å². The second kappa shape index (κ2) is 7.95. The molecule has 4 nitrogen and oxygen atoms in total. The molecule has 0 spiro atoms. The van der Waals surface area contributed by atoms with Crippen LogP contribution in [0.5, 0.6) is 5.75 Å². The summed E-state index contributed by atoms with van der Waals surface area (Å²) in [7, 11) is 0. The van der Waals surface area contributed by atoms with Crippen molar-refractivity contribution in [1.82, 2.24) is 0 Å². The molecule has 3 aromatic rings.